The van der Waals surface area contributed by atoms with Crippen LogP contribution in [0, 0.1) is 13.8 Å². The van der Waals surface area contributed by atoms with Gasteiger partial charge in [-0.1, -0.05) is 29.8 Å². The summed E-state index contributed by atoms with van der Waals surface area (Å²) in [4.78, 5) is 12.1. The van der Waals surface area contributed by atoms with Gasteiger partial charge in [0.25, 0.3) is 0 Å². The molecule has 0 spiro atoms. The topological polar surface area (TPSA) is 72.5 Å². The number of carbonyl (C=O) groups is 1. The molecule has 0 aliphatic heterocycles. The minimum absolute atomic E-state index is 0.0688. The fourth-order valence-corrected chi connectivity index (χ4v) is 3.48. The van der Waals surface area contributed by atoms with Crippen molar-refractivity contribution in [2.45, 2.75) is 25.2 Å². The third-order valence-corrected chi connectivity index (χ3v) is 5.39. The van der Waals surface area contributed by atoms with Gasteiger partial charge < -0.3 is 10.1 Å². The van der Waals surface area contributed by atoms with Crippen LogP contribution in [0.2, 0.25) is 0 Å². The maximum Gasteiger partial charge on any atom is 0.221 e. The van der Waals surface area contributed by atoms with Crippen molar-refractivity contribution < 1.29 is 17.9 Å². The zero-order valence-electron chi connectivity index (χ0n) is 14.5. The number of hydrogen-bond acceptors (Lipinski definition) is 4. The summed E-state index contributed by atoms with van der Waals surface area (Å²) in [7, 11) is -3.44. The number of nitrogens with one attached hydrogen (secondary N) is 1. The van der Waals surface area contributed by atoms with Crippen LogP contribution in [0.4, 0.5) is 0 Å². The molecule has 0 aliphatic carbocycles. The summed E-state index contributed by atoms with van der Waals surface area (Å²) >= 11 is 0. The summed E-state index contributed by atoms with van der Waals surface area (Å²) < 4.78 is 29.9. The van der Waals surface area contributed by atoms with Crippen molar-refractivity contribution in [1.82, 2.24) is 5.32 Å². The van der Waals surface area contributed by atoms with Gasteiger partial charge in [-0.2, -0.15) is 0 Å². The number of amides is 1. The highest BCUT2D eigenvalue weighted by Crippen LogP contribution is 2.13. The molecule has 1 amide bonds. The summed E-state index contributed by atoms with van der Waals surface area (Å²) in [5.41, 5.74) is 2.09. The van der Waals surface area contributed by atoms with Crippen molar-refractivity contribution in [3.63, 3.8) is 0 Å². The van der Waals surface area contributed by atoms with E-state index < -0.39 is 9.84 Å². The molecule has 2 aromatic rings. The van der Waals surface area contributed by atoms with Crippen LogP contribution >= 0.6 is 0 Å². The van der Waals surface area contributed by atoms with Crippen LogP contribution in [0.5, 0.6) is 5.75 Å². The van der Waals surface area contributed by atoms with Gasteiger partial charge in [-0.25, -0.2) is 8.42 Å². The van der Waals surface area contributed by atoms with Gasteiger partial charge in [-0.3, -0.25) is 4.79 Å². The Morgan fingerprint density at radius 1 is 1.04 bits per heavy atom. The Morgan fingerprint density at radius 2 is 1.76 bits per heavy atom. The third-order valence-electron chi connectivity index (χ3n) is 3.66. The van der Waals surface area contributed by atoms with Gasteiger partial charge in [-0.15, -0.1) is 0 Å². The highest BCUT2D eigenvalue weighted by molar-refractivity contribution is 7.91. The standard InChI is InChI=1S/C19H23NO4S/c1-15-6-8-18(9-7-15)25(22,23)13-10-19(21)20-11-12-24-17-5-3-4-16(2)14-17/h3-9,14H,10-13H2,1-2H3,(H,20,21). The molecule has 2 rings (SSSR count). The second kappa shape index (κ2) is 8.67. The average Bonchev–Trinajstić information content (AvgIpc) is 2.57. The summed E-state index contributed by atoms with van der Waals surface area (Å²) in [6, 6.07) is 14.3. The lowest BCUT2D eigenvalue weighted by Gasteiger charge is -2.09. The second-order valence-electron chi connectivity index (χ2n) is 5.90. The highest BCUT2D eigenvalue weighted by atomic mass is 32.2. The predicted octanol–water partition coefficient (Wildman–Crippen LogP) is 2.66. The average molecular weight is 361 g/mol. The SMILES string of the molecule is Cc1ccc(S(=O)(=O)CCC(=O)NCCOc2cccc(C)c2)cc1. The molecule has 0 aromatic heterocycles. The minimum Gasteiger partial charge on any atom is -0.492 e. The molecule has 1 N–H and O–H groups in total. The molecule has 0 atom stereocenters. The van der Waals surface area contributed by atoms with Gasteiger partial charge in [0.2, 0.25) is 5.91 Å². The van der Waals surface area contributed by atoms with Crippen LogP contribution in [-0.2, 0) is 14.6 Å². The summed E-state index contributed by atoms with van der Waals surface area (Å²) in [5.74, 6) is 0.236. The Hall–Kier alpha value is -2.34. The molecule has 0 heterocycles. The minimum atomic E-state index is -3.44. The molecule has 2 aromatic carbocycles. The summed E-state index contributed by atoms with van der Waals surface area (Å²) in [6.07, 6.45) is -0.0688. The number of ether oxygens (including phenoxy) is 1. The van der Waals surface area contributed by atoms with Crippen LogP contribution < -0.4 is 10.1 Å². The first-order chi connectivity index (χ1) is 11.9. The molecule has 0 bridgehead atoms. The Morgan fingerprint density at radius 3 is 2.44 bits per heavy atom. The van der Waals surface area contributed by atoms with Crippen molar-refractivity contribution in [2.75, 3.05) is 18.9 Å². The first kappa shape index (κ1) is 19.0. The maximum atomic E-state index is 12.2. The van der Waals surface area contributed by atoms with Crippen molar-refractivity contribution in [3.05, 3.63) is 59.7 Å². The Labute approximate surface area is 148 Å². The van der Waals surface area contributed by atoms with Crippen LogP contribution in [0.25, 0.3) is 0 Å². The van der Waals surface area contributed by atoms with Crippen LogP contribution in [0.15, 0.2) is 53.4 Å². The Bertz CT molecular complexity index is 814. The Balaban J connectivity index is 1.72. The summed E-state index contributed by atoms with van der Waals surface area (Å²) in [6.45, 7) is 4.53. The molecule has 0 saturated heterocycles. The number of benzene rings is 2. The molecular weight excluding hydrogens is 338 g/mol. The first-order valence-corrected chi connectivity index (χ1v) is 9.78. The fourth-order valence-electron chi connectivity index (χ4n) is 2.24. The third kappa shape index (κ3) is 6.23. The number of carbonyl (C=O) groups excluding carboxylic acids is 1. The number of sulfone groups is 1. The van der Waals surface area contributed by atoms with E-state index in [0.29, 0.717) is 13.2 Å². The van der Waals surface area contributed by atoms with E-state index in [0.717, 1.165) is 16.9 Å². The van der Waals surface area contributed by atoms with Gasteiger partial charge >= 0.3 is 0 Å². The van der Waals surface area contributed by atoms with Gasteiger partial charge in [0.1, 0.15) is 12.4 Å². The normalized spacial score (nSPS) is 11.1. The molecule has 6 heteroatoms. The molecule has 0 aliphatic rings. The lowest BCUT2D eigenvalue weighted by Crippen LogP contribution is -2.29. The lowest BCUT2D eigenvalue weighted by molar-refractivity contribution is -0.120. The molecule has 134 valence electrons. The summed E-state index contributed by atoms with van der Waals surface area (Å²) in [5, 5.41) is 2.67. The Kier molecular flexibility index (Phi) is 6.58. The number of aryl methyl sites for hydroxylation is 2. The van der Waals surface area contributed by atoms with E-state index in [2.05, 4.69) is 5.32 Å². The predicted molar refractivity (Wildman–Crippen MR) is 97.5 cm³/mol. The molecular formula is C19H23NO4S. The van der Waals surface area contributed by atoms with Crippen molar-refractivity contribution in [1.29, 1.82) is 0 Å². The molecule has 0 saturated carbocycles. The van der Waals surface area contributed by atoms with E-state index in [4.69, 9.17) is 4.74 Å². The molecule has 25 heavy (non-hydrogen) atoms. The van der Waals surface area contributed by atoms with Crippen LogP contribution in [0.3, 0.4) is 0 Å². The van der Waals surface area contributed by atoms with Gasteiger partial charge in [0.15, 0.2) is 9.84 Å². The maximum absolute atomic E-state index is 12.2. The molecule has 5 nitrogen and oxygen atoms in total. The molecule has 0 unspecified atom stereocenters. The van der Waals surface area contributed by atoms with E-state index in [1.54, 1.807) is 24.3 Å². The van der Waals surface area contributed by atoms with E-state index in [9.17, 15) is 13.2 Å². The zero-order chi connectivity index (χ0) is 18.3. The quantitative estimate of drug-likeness (QED) is 0.734. The highest BCUT2D eigenvalue weighted by Gasteiger charge is 2.16. The number of rotatable bonds is 8. The van der Waals surface area contributed by atoms with E-state index >= 15 is 0 Å². The number of hydrogen-bond donors (Lipinski definition) is 1. The first-order valence-electron chi connectivity index (χ1n) is 8.12. The van der Waals surface area contributed by atoms with Gasteiger partial charge in [-0.05, 0) is 43.7 Å². The second-order valence-corrected chi connectivity index (χ2v) is 8.01. The lowest BCUT2D eigenvalue weighted by atomic mass is 10.2. The monoisotopic (exact) mass is 361 g/mol. The van der Waals surface area contributed by atoms with Crippen molar-refractivity contribution >= 4 is 15.7 Å². The molecule has 0 radical (unpaired) electrons. The van der Waals surface area contributed by atoms with E-state index in [-0.39, 0.29) is 23.0 Å². The zero-order valence-corrected chi connectivity index (χ0v) is 15.3. The van der Waals surface area contributed by atoms with Crippen LogP contribution in [0.1, 0.15) is 17.5 Å². The van der Waals surface area contributed by atoms with E-state index in [1.807, 2.05) is 38.1 Å². The fraction of sp³-hybridized carbons (Fsp3) is 0.316. The van der Waals surface area contributed by atoms with Crippen molar-refractivity contribution in [2.24, 2.45) is 0 Å². The van der Waals surface area contributed by atoms with Crippen LogP contribution in [-0.4, -0.2) is 33.2 Å². The van der Waals surface area contributed by atoms with Crippen molar-refractivity contribution in [3.8, 4) is 5.75 Å². The largest absolute Gasteiger partial charge is 0.492 e. The van der Waals surface area contributed by atoms with Gasteiger partial charge in [0, 0.05) is 6.42 Å². The van der Waals surface area contributed by atoms with E-state index in [1.165, 1.54) is 0 Å². The molecule has 0 fully saturated rings. The smallest absolute Gasteiger partial charge is 0.221 e. The van der Waals surface area contributed by atoms with Gasteiger partial charge in [0.05, 0.1) is 17.2 Å².